The van der Waals surface area contributed by atoms with Crippen LogP contribution in [0.25, 0.3) is 6.08 Å². The molecule has 0 spiro atoms. The monoisotopic (exact) mass is 318 g/mol. The second-order valence-corrected chi connectivity index (χ2v) is 5.58. The van der Waals surface area contributed by atoms with E-state index in [9.17, 15) is 9.59 Å². The van der Waals surface area contributed by atoms with Crippen LogP contribution in [0.3, 0.4) is 0 Å². The Morgan fingerprint density at radius 3 is 2.52 bits per heavy atom. The number of methoxy groups -OCH3 is 1. The molecule has 1 aromatic rings. The number of benzene rings is 1. The van der Waals surface area contributed by atoms with Gasteiger partial charge in [-0.3, -0.25) is 0 Å². The molecule has 6 nitrogen and oxygen atoms in total. The first-order valence-electron chi connectivity index (χ1n) is 7.81. The van der Waals surface area contributed by atoms with E-state index >= 15 is 0 Å². The van der Waals surface area contributed by atoms with E-state index in [1.165, 1.54) is 17.6 Å². The molecule has 2 amide bonds. The number of ether oxygens (including phenoxy) is 1. The molecule has 124 valence electrons. The lowest BCUT2D eigenvalue weighted by Gasteiger charge is -2.31. The molecule has 1 aliphatic rings. The summed E-state index contributed by atoms with van der Waals surface area (Å²) in [5.74, 6) is -0.437. The summed E-state index contributed by atoms with van der Waals surface area (Å²) >= 11 is 0. The van der Waals surface area contributed by atoms with Crippen LogP contribution in [0.15, 0.2) is 36.5 Å². The zero-order valence-corrected chi connectivity index (χ0v) is 13.6. The van der Waals surface area contributed by atoms with Gasteiger partial charge in [-0.05, 0) is 18.6 Å². The van der Waals surface area contributed by atoms with Crippen LogP contribution in [-0.4, -0.2) is 56.2 Å². The molecule has 2 N–H and O–H groups in total. The Hall–Kier alpha value is -2.34. The number of rotatable bonds is 4. The summed E-state index contributed by atoms with van der Waals surface area (Å²) in [7, 11) is 1.31. The van der Waals surface area contributed by atoms with Crippen LogP contribution < -0.4 is 10.2 Å². The molecule has 0 bridgehead atoms. The lowest BCUT2D eigenvalue weighted by Crippen LogP contribution is -3.10. The van der Waals surface area contributed by atoms with Crippen molar-refractivity contribution in [2.75, 3.05) is 33.3 Å². The van der Waals surface area contributed by atoms with Crippen LogP contribution in [0.2, 0.25) is 0 Å². The molecular weight excluding hydrogens is 294 g/mol. The van der Waals surface area contributed by atoms with Gasteiger partial charge in [0.25, 0.3) is 0 Å². The highest BCUT2D eigenvalue weighted by Gasteiger charge is 2.25. The van der Waals surface area contributed by atoms with Gasteiger partial charge in [0.1, 0.15) is 6.04 Å². The van der Waals surface area contributed by atoms with E-state index in [4.69, 9.17) is 0 Å². The second kappa shape index (κ2) is 8.33. The molecule has 2 rings (SSSR count). The third kappa shape index (κ3) is 5.10. The number of nitrogens with one attached hydrogen (secondary N) is 2. The van der Waals surface area contributed by atoms with Gasteiger partial charge in [-0.2, -0.15) is 0 Å². The summed E-state index contributed by atoms with van der Waals surface area (Å²) < 4.78 is 4.61. The Morgan fingerprint density at radius 1 is 1.26 bits per heavy atom. The van der Waals surface area contributed by atoms with Gasteiger partial charge in [0, 0.05) is 0 Å². The van der Waals surface area contributed by atoms with Gasteiger partial charge in [0.05, 0.1) is 39.5 Å². The van der Waals surface area contributed by atoms with Gasteiger partial charge in [0.15, 0.2) is 0 Å². The zero-order chi connectivity index (χ0) is 16.7. The molecule has 0 unspecified atom stereocenters. The van der Waals surface area contributed by atoms with Crippen LogP contribution in [0.4, 0.5) is 4.79 Å². The van der Waals surface area contributed by atoms with Gasteiger partial charge in [-0.15, -0.1) is 0 Å². The average Bonchev–Trinajstić information content (AvgIpc) is 2.60. The van der Waals surface area contributed by atoms with Crippen LogP contribution in [0.5, 0.6) is 0 Å². The second-order valence-electron chi connectivity index (χ2n) is 5.58. The smallest absolute Gasteiger partial charge is 0.328 e. The van der Waals surface area contributed by atoms with Crippen molar-refractivity contribution in [3.63, 3.8) is 0 Å². The molecule has 1 aromatic carbocycles. The minimum absolute atomic E-state index is 0.214. The SMILES string of the molecule is COC(=O)[C@H](C)NC(=O)N1CC[NH+](/C=C/c2ccccc2)CC1. The number of hydrogen-bond donors (Lipinski definition) is 2. The predicted molar refractivity (Wildman–Crippen MR) is 87.8 cm³/mol. The Labute approximate surface area is 136 Å². The molecule has 0 aliphatic carbocycles. The zero-order valence-electron chi connectivity index (χ0n) is 13.6. The Kier molecular flexibility index (Phi) is 6.17. The van der Waals surface area contributed by atoms with Crippen molar-refractivity contribution in [1.29, 1.82) is 0 Å². The van der Waals surface area contributed by atoms with Gasteiger partial charge in [-0.1, -0.05) is 30.3 Å². The van der Waals surface area contributed by atoms with Crippen LogP contribution in [0, 0.1) is 0 Å². The maximum atomic E-state index is 12.1. The van der Waals surface area contributed by atoms with E-state index in [0.717, 1.165) is 13.1 Å². The van der Waals surface area contributed by atoms with E-state index < -0.39 is 12.0 Å². The maximum absolute atomic E-state index is 12.1. The molecule has 0 saturated carbocycles. The summed E-state index contributed by atoms with van der Waals surface area (Å²) in [6, 6.07) is 9.31. The topological polar surface area (TPSA) is 63.1 Å². The number of piperazine rings is 1. The van der Waals surface area contributed by atoms with Gasteiger partial charge in [-0.25, -0.2) is 9.59 Å². The number of carbonyl (C=O) groups is 2. The summed E-state index contributed by atoms with van der Waals surface area (Å²) in [4.78, 5) is 26.5. The third-order valence-corrected chi connectivity index (χ3v) is 3.90. The summed E-state index contributed by atoms with van der Waals surface area (Å²) in [5, 5.41) is 2.66. The third-order valence-electron chi connectivity index (χ3n) is 3.90. The van der Waals surface area contributed by atoms with Crippen molar-refractivity contribution in [1.82, 2.24) is 10.2 Å². The molecule has 0 aromatic heterocycles. The molecule has 1 heterocycles. The summed E-state index contributed by atoms with van der Waals surface area (Å²) in [6.45, 7) is 4.64. The fourth-order valence-electron chi connectivity index (χ4n) is 2.45. The fourth-order valence-corrected chi connectivity index (χ4v) is 2.45. The van der Waals surface area contributed by atoms with E-state index in [-0.39, 0.29) is 6.03 Å². The molecule has 0 radical (unpaired) electrons. The minimum Gasteiger partial charge on any atom is -0.467 e. The normalized spacial score (nSPS) is 17.0. The summed E-state index contributed by atoms with van der Waals surface area (Å²) in [6.07, 6.45) is 4.24. The number of urea groups is 1. The first-order valence-corrected chi connectivity index (χ1v) is 7.81. The molecule has 1 atom stereocenters. The van der Waals surface area contributed by atoms with Crippen molar-refractivity contribution >= 4 is 18.1 Å². The van der Waals surface area contributed by atoms with Gasteiger partial charge >= 0.3 is 12.0 Å². The van der Waals surface area contributed by atoms with Crippen molar-refractivity contribution in [3.8, 4) is 0 Å². The quantitative estimate of drug-likeness (QED) is 0.776. The van der Waals surface area contributed by atoms with Crippen LogP contribution in [-0.2, 0) is 9.53 Å². The van der Waals surface area contributed by atoms with E-state index in [2.05, 4.69) is 34.5 Å². The molecular formula is C17H24N3O3+. The van der Waals surface area contributed by atoms with Gasteiger partial charge in [0.2, 0.25) is 0 Å². The summed E-state index contributed by atoms with van der Waals surface area (Å²) in [5.41, 5.74) is 1.17. The number of nitrogens with zero attached hydrogens (tertiary/aromatic N) is 1. The van der Waals surface area contributed by atoms with E-state index in [0.29, 0.717) is 13.1 Å². The molecule has 1 saturated heterocycles. The number of amides is 2. The average molecular weight is 318 g/mol. The van der Waals surface area contributed by atoms with Crippen molar-refractivity contribution < 1.29 is 19.2 Å². The van der Waals surface area contributed by atoms with Crippen molar-refractivity contribution in [2.45, 2.75) is 13.0 Å². The minimum atomic E-state index is -0.629. The lowest BCUT2D eigenvalue weighted by atomic mass is 10.2. The first-order chi connectivity index (χ1) is 11.1. The molecule has 1 aliphatic heterocycles. The van der Waals surface area contributed by atoms with Gasteiger partial charge < -0.3 is 19.9 Å². The number of quaternary nitrogens is 1. The molecule has 23 heavy (non-hydrogen) atoms. The largest absolute Gasteiger partial charge is 0.467 e. The lowest BCUT2D eigenvalue weighted by molar-refractivity contribution is -0.850. The Balaban J connectivity index is 1.78. The van der Waals surface area contributed by atoms with Crippen LogP contribution >= 0.6 is 0 Å². The number of hydrogen-bond acceptors (Lipinski definition) is 3. The van der Waals surface area contributed by atoms with Crippen LogP contribution in [0.1, 0.15) is 12.5 Å². The predicted octanol–water partition coefficient (Wildman–Crippen LogP) is 0.129. The van der Waals surface area contributed by atoms with E-state index in [1.807, 2.05) is 18.2 Å². The van der Waals surface area contributed by atoms with E-state index in [1.54, 1.807) is 11.8 Å². The Morgan fingerprint density at radius 2 is 1.91 bits per heavy atom. The highest BCUT2D eigenvalue weighted by molar-refractivity contribution is 5.83. The number of esters is 1. The maximum Gasteiger partial charge on any atom is 0.328 e. The molecule has 6 heteroatoms. The van der Waals surface area contributed by atoms with Crippen molar-refractivity contribution in [2.24, 2.45) is 0 Å². The fraction of sp³-hybridized carbons (Fsp3) is 0.412. The highest BCUT2D eigenvalue weighted by Crippen LogP contribution is 1.99. The Bertz CT molecular complexity index is 551. The standard InChI is InChI=1S/C17H23N3O3/c1-14(16(21)23-2)18-17(22)20-12-10-19(11-13-20)9-8-15-6-4-3-5-7-15/h3-9,14H,10-13H2,1-2H3,(H,18,22)/p+1/b9-8+/t14-/m0/s1. The number of carbonyl (C=O) groups excluding carboxylic acids is 2. The first kappa shape index (κ1) is 17.0. The van der Waals surface area contributed by atoms with Crippen molar-refractivity contribution in [3.05, 3.63) is 42.1 Å². The highest BCUT2D eigenvalue weighted by atomic mass is 16.5. The molecule has 1 fully saturated rings.